The van der Waals surface area contributed by atoms with Gasteiger partial charge in [-0.2, -0.15) is 0 Å². The second-order valence-corrected chi connectivity index (χ2v) is 5.26. The van der Waals surface area contributed by atoms with E-state index in [1.807, 2.05) is 31.2 Å². The zero-order chi connectivity index (χ0) is 16.9. The summed E-state index contributed by atoms with van der Waals surface area (Å²) in [7, 11) is 0. The SMILES string of the molecule is Cc1ccc(NC(=O)C(=O)Nc2ccccc2-n2ccnc2)cc1. The zero-order valence-corrected chi connectivity index (χ0v) is 13.1. The maximum absolute atomic E-state index is 12.2. The topological polar surface area (TPSA) is 76.0 Å². The molecular weight excluding hydrogens is 304 g/mol. The number of amides is 2. The van der Waals surface area contributed by atoms with E-state index < -0.39 is 11.8 Å². The Balaban J connectivity index is 1.73. The molecule has 2 aromatic carbocycles. The number of hydrogen-bond acceptors (Lipinski definition) is 3. The number of carbonyl (C=O) groups is 2. The summed E-state index contributed by atoms with van der Waals surface area (Å²) >= 11 is 0. The first-order chi connectivity index (χ1) is 11.6. The van der Waals surface area contributed by atoms with E-state index in [1.54, 1.807) is 47.6 Å². The molecule has 0 bridgehead atoms. The number of para-hydroxylation sites is 2. The average Bonchev–Trinajstić information content (AvgIpc) is 3.11. The monoisotopic (exact) mass is 320 g/mol. The van der Waals surface area contributed by atoms with E-state index in [2.05, 4.69) is 15.6 Å². The molecule has 0 fully saturated rings. The highest BCUT2D eigenvalue weighted by atomic mass is 16.2. The lowest BCUT2D eigenvalue weighted by Gasteiger charge is -2.11. The molecule has 0 unspecified atom stereocenters. The van der Waals surface area contributed by atoms with Crippen molar-refractivity contribution in [1.82, 2.24) is 9.55 Å². The van der Waals surface area contributed by atoms with Crippen LogP contribution < -0.4 is 10.6 Å². The van der Waals surface area contributed by atoms with Crippen LogP contribution in [0.3, 0.4) is 0 Å². The number of aryl methyl sites for hydroxylation is 1. The molecule has 0 aliphatic carbocycles. The molecule has 1 heterocycles. The molecule has 6 heteroatoms. The number of benzene rings is 2. The van der Waals surface area contributed by atoms with Gasteiger partial charge in [-0.15, -0.1) is 0 Å². The average molecular weight is 320 g/mol. The Morgan fingerprint density at radius 3 is 2.38 bits per heavy atom. The van der Waals surface area contributed by atoms with E-state index in [0.717, 1.165) is 11.3 Å². The third-order valence-corrected chi connectivity index (χ3v) is 3.45. The summed E-state index contributed by atoms with van der Waals surface area (Å²) in [4.78, 5) is 28.2. The van der Waals surface area contributed by atoms with Crippen LogP contribution in [-0.4, -0.2) is 21.4 Å². The van der Waals surface area contributed by atoms with Crippen molar-refractivity contribution in [2.24, 2.45) is 0 Å². The van der Waals surface area contributed by atoms with E-state index in [9.17, 15) is 9.59 Å². The Labute approximate surface area is 139 Å². The van der Waals surface area contributed by atoms with Crippen molar-refractivity contribution in [3.05, 3.63) is 72.8 Å². The number of nitrogens with zero attached hydrogens (tertiary/aromatic N) is 2. The Bertz CT molecular complexity index is 855. The summed E-state index contributed by atoms with van der Waals surface area (Å²) in [5.41, 5.74) is 2.90. The Morgan fingerprint density at radius 2 is 1.67 bits per heavy atom. The third-order valence-electron chi connectivity index (χ3n) is 3.45. The lowest BCUT2D eigenvalue weighted by atomic mass is 10.2. The number of carbonyl (C=O) groups excluding carboxylic acids is 2. The van der Waals surface area contributed by atoms with Gasteiger partial charge in [-0.05, 0) is 31.2 Å². The second kappa shape index (κ2) is 6.78. The van der Waals surface area contributed by atoms with Crippen molar-refractivity contribution in [3.8, 4) is 5.69 Å². The van der Waals surface area contributed by atoms with Gasteiger partial charge in [-0.1, -0.05) is 29.8 Å². The van der Waals surface area contributed by atoms with Gasteiger partial charge in [-0.25, -0.2) is 4.98 Å². The van der Waals surface area contributed by atoms with Crippen LogP contribution in [0.4, 0.5) is 11.4 Å². The standard InChI is InChI=1S/C18H16N4O2/c1-13-6-8-14(9-7-13)20-17(23)18(24)21-15-4-2-3-5-16(15)22-11-10-19-12-22/h2-12H,1H3,(H,20,23)(H,21,24). The van der Waals surface area contributed by atoms with Crippen LogP contribution in [0.2, 0.25) is 0 Å². The summed E-state index contributed by atoms with van der Waals surface area (Å²) in [6, 6.07) is 14.4. The van der Waals surface area contributed by atoms with Gasteiger partial charge in [0.1, 0.15) is 0 Å². The highest BCUT2D eigenvalue weighted by Gasteiger charge is 2.16. The van der Waals surface area contributed by atoms with Crippen molar-refractivity contribution in [2.45, 2.75) is 6.92 Å². The molecule has 0 saturated carbocycles. The number of hydrogen-bond donors (Lipinski definition) is 2. The first-order valence-electron chi connectivity index (χ1n) is 7.40. The van der Waals surface area contributed by atoms with E-state index in [4.69, 9.17) is 0 Å². The highest BCUT2D eigenvalue weighted by molar-refractivity contribution is 6.43. The molecule has 0 spiro atoms. The molecule has 3 aromatic rings. The minimum absolute atomic E-state index is 0.527. The second-order valence-electron chi connectivity index (χ2n) is 5.26. The smallest absolute Gasteiger partial charge is 0.314 e. The van der Waals surface area contributed by atoms with Crippen LogP contribution >= 0.6 is 0 Å². The first-order valence-corrected chi connectivity index (χ1v) is 7.40. The van der Waals surface area contributed by atoms with E-state index >= 15 is 0 Å². The van der Waals surface area contributed by atoms with Crippen molar-refractivity contribution in [1.29, 1.82) is 0 Å². The molecule has 0 aliphatic rings. The van der Waals surface area contributed by atoms with Crippen LogP contribution in [-0.2, 0) is 9.59 Å². The van der Waals surface area contributed by atoms with E-state index in [0.29, 0.717) is 11.4 Å². The van der Waals surface area contributed by atoms with Crippen molar-refractivity contribution in [2.75, 3.05) is 10.6 Å². The minimum Gasteiger partial charge on any atom is -0.318 e. The summed E-state index contributed by atoms with van der Waals surface area (Å²) in [5.74, 6) is -1.46. The summed E-state index contributed by atoms with van der Waals surface area (Å²) < 4.78 is 1.76. The molecule has 0 saturated heterocycles. The number of rotatable bonds is 3. The van der Waals surface area contributed by atoms with Gasteiger partial charge in [0.25, 0.3) is 0 Å². The molecule has 3 rings (SSSR count). The number of aromatic nitrogens is 2. The van der Waals surface area contributed by atoms with E-state index in [1.165, 1.54) is 0 Å². The Hall–Kier alpha value is -3.41. The molecule has 0 aliphatic heterocycles. The van der Waals surface area contributed by atoms with Crippen molar-refractivity contribution >= 4 is 23.2 Å². The van der Waals surface area contributed by atoms with Gasteiger partial charge in [0, 0.05) is 18.1 Å². The third kappa shape index (κ3) is 3.49. The fourth-order valence-electron chi connectivity index (χ4n) is 2.21. The summed E-state index contributed by atoms with van der Waals surface area (Å²) in [5, 5.41) is 5.20. The normalized spacial score (nSPS) is 10.2. The maximum atomic E-state index is 12.2. The molecule has 1 aromatic heterocycles. The quantitative estimate of drug-likeness (QED) is 0.729. The fourth-order valence-corrected chi connectivity index (χ4v) is 2.21. The molecule has 120 valence electrons. The maximum Gasteiger partial charge on any atom is 0.314 e. The van der Waals surface area contributed by atoms with E-state index in [-0.39, 0.29) is 0 Å². The number of anilines is 2. The molecule has 0 atom stereocenters. The van der Waals surface area contributed by atoms with Crippen LogP contribution in [0.5, 0.6) is 0 Å². The largest absolute Gasteiger partial charge is 0.318 e. The first kappa shape index (κ1) is 15.5. The molecular formula is C18H16N4O2. The predicted octanol–water partition coefficient (Wildman–Crippen LogP) is 2.76. The number of nitrogens with one attached hydrogen (secondary N) is 2. The van der Waals surface area contributed by atoms with Crippen molar-refractivity contribution in [3.63, 3.8) is 0 Å². The lowest BCUT2D eigenvalue weighted by molar-refractivity contribution is -0.132. The molecule has 6 nitrogen and oxygen atoms in total. The van der Waals surface area contributed by atoms with Gasteiger partial charge in [0.15, 0.2) is 0 Å². The van der Waals surface area contributed by atoms with Crippen LogP contribution in [0, 0.1) is 6.92 Å². The van der Waals surface area contributed by atoms with Crippen LogP contribution in [0.1, 0.15) is 5.56 Å². The van der Waals surface area contributed by atoms with Gasteiger partial charge in [0.05, 0.1) is 17.7 Å². The van der Waals surface area contributed by atoms with Gasteiger partial charge < -0.3 is 15.2 Å². The minimum atomic E-state index is -0.733. The summed E-state index contributed by atoms with van der Waals surface area (Å²) in [6.45, 7) is 1.95. The molecule has 0 radical (unpaired) electrons. The van der Waals surface area contributed by atoms with Gasteiger partial charge in [0.2, 0.25) is 0 Å². The number of imidazole rings is 1. The van der Waals surface area contributed by atoms with Gasteiger partial charge >= 0.3 is 11.8 Å². The Kier molecular flexibility index (Phi) is 4.38. The van der Waals surface area contributed by atoms with Crippen molar-refractivity contribution < 1.29 is 9.59 Å². The lowest BCUT2D eigenvalue weighted by Crippen LogP contribution is -2.29. The molecule has 2 N–H and O–H groups in total. The molecule has 2 amide bonds. The molecule has 24 heavy (non-hydrogen) atoms. The summed E-state index contributed by atoms with van der Waals surface area (Å²) in [6.07, 6.45) is 5.03. The van der Waals surface area contributed by atoms with Crippen LogP contribution in [0.25, 0.3) is 5.69 Å². The van der Waals surface area contributed by atoms with Gasteiger partial charge in [-0.3, -0.25) is 9.59 Å². The predicted molar refractivity (Wildman–Crippen MR) is 92.0 cm³/mol. The highest BCUT2D eigenvalue weighted by Crippen LogP contribution is 2.19. The Morgan fingerprint density at radius 1 is 0.958 bits per heavy atom. The van der Waals surface area contributed by atoms with Crippen LogP contribution in [0.15, 0.2) is 67.3 Å². The fraction of sp³-hybridized carbons (Fsp3) is 0.0556. The zero-order valence-electron chi connectivity index (χ0n) is 13.1.